The van der Waals surface area contributed by atoms with Crippen LogP contribution in [0.5, 0.6) is 11.5 Å². The number of unbranched alkanes of at least 4 members (excludes halogenated alkanes) is 2. The van der Waals surface area contributed by atoms with E-state index in [0.717, 1.165) is 31.7 Å². The Morgan fingerprint density at radius 1 is 1.10 bits per heavy atom. The Morgan fingerprint density at radius 3 is 2.13 bits per heavy atom. The van der Waals surface area contributed by atoms with E-state index in [9.17, 15) is 22.7 Å². The van der Waals surface area contributed by atoms with Gasteiger partial charge in [0.1, 0.15) is 22.2 Å². The van der Waals surface area contributed by atoms with Gasteiger partial charge >= 0.3 is 5.97 Å². The van der Waals surface area contributed by atoms with E-state index in [-0.39, 0.29) is 17.1 Å². The zero-order valence-corrected chi connectivity index (χ0v) is 17.9. The average molecular weight is 439 g/mol. The fraction of sp³-hybridized carbons (Fsp3) is 0.381. The van der Waals surface area contributed by atoms with E-state index in [1.807, 2.05) is 18.7 Å². The molecular weight excluding hydrogens is 411 g/mol. The summed E-state index contributed by atoms with van der Waals surface area (Å²) in [6.45, 7) is 5.29. The molecule has 3 N–H and O–H groups in total. The average Bonchev–Trinajstić information content (AvgIpc) is 2.68. The SMILES string of the molecule is CCCCN(CCCC)c1cc(Oc2ccc(F)cc2)c(S(N)(=O)=O)cc1C(=O)O. The highest BCUT2D eigenvalue weighted by atomic mass is 32.2. The molecule has 0 saturated heterocycles. The second kappa shape index (κ2) is 10.4. The number of aromatic carboxylic acids is 1. The first-order chi connectivity index (χ1) is 14.2. The third kappa shape index (κ3) is 6.17. The number of sulfonamides is 1. The number of hydrogen-bond acceptors (Lipinski definition) is 5. The molecule has 0 radical (unpaired) electrons. The number of rotatable bonds is 11. The lowest BCUT2D eigenvalue weighted by Crippen LogP contribution is -2.28. The third-order valence-corrected chi connectivity index (χ3v) is 5.48. The van der Waals surface area contributed by atoms with E-state index in [1.54, 1.807) is 0 Å². The van der Waals surface area contributed by atoms with Crippen molar-refractivity contribution in [3.05, 3.63) is 47.8 Å². The quantitative estimate of drug-likeness (QED) is 0.539. The molecule has 0 spiro atoms. The Balaban J connectivity index is 2.64. The van der Waals surface area contributed by atoms with Gasteiger partial charge in [-0.2, -0.15) is 0 Å². The van der Waals surface area contributed by atoms with Gasteiger partial charge in [0.05, 0.1) is 11.3 Å². The largest absolute Gasteiger partial charge is 0.478 e. The van der Waals surface area contributed by atoms with Crippen molar-refractivity contribution >= 4 is 21.7 Å². The minimum Gasteiger partial charge on any atom is -0.478 e. The number of halogens is 1. The Kier molecular flexibility index (Phi) is 8.19. The summed E-state index contributed by atoms with van der Waals surface area (Å²) in [5.74, 6) is -1.64. The Labute approximate surface area is 176 Å². The van der Waals surface area contributed by atoms with Crippen LogP contribution >= 0.6 is 0 Å². The van der Waals surface area contributed by atoms with Crippen molar-refractivity contribution in [1.29, 1.82) is 0 Å². The van der Waals surface area contributed by atoms with Crippen LogP contribution in [-0.2, 0) is 10.0 Å². The molecular formula is C21H27FN2O5S. The van der Waals surface area contributed by atoms with Crippen LogP contribution in [0, 0.1) is 5.82 Å². The van der Waals surface area contributed by atoms with E-state index in [1.165, 1.54) is 30.3 Å². The number of primary sulfonamides is 1. The molecule has 0 aromatic heterocycles. The standard InChI is InChI=1S/C21H27FN2O5S/c1-3-5-11-24(12-6-4-2)18-14-19(29-16-9-7-15(22)8-10-16)20(30(23,27)28)13-17(18)21(25)26/h7-10,13-14H,3-6,11-12H2,1-2H3,(H,25,26)(H2,23,27,28). The maximum Gasteiger partial charge on any atom is 0.337 e. The molecule has 0 bridgehead atoms. The van der Waals surface area contributed by atoms with Crippen LogP contribution in [0.15, 0.2) is 41.3 Å². The molecule has 0 unspecified atom stereocenters. The maximum atomic E-state index is 13.2. The molecule has 7 nitrogen and oxygen atoms in total. The molecule has 0 aliphatic heterocycles. The zero-order valence-electron chi connectivity index (χ0n) is 17.1. The van der Waals surface area contributed by atoms with Gasteiger partial charge in [0.15, 0.2) is 0 Å². The van der Waals surface area contributed by atoms with Crippen LogP contribution in [0.25, 0.3) is 0 Å². The van der Waals surface area contributed by atoms with Crippen molar-refractivity contribution in [3.63, 3.8) is 0 Å². The number of carboxylic acids is 1. The van der Waals surface area contributed by atoms with Crippen LogP contribution in [0.2, 0.25) is 0 Å². The van der Waals surface area contributed by atoms with Crippen molar-refractivity contribution in [2.75, 3.05) is 18.0 Å². The van der Waals surface area contributed by atoms with Gasteiger partial charge in [-0.15, -0.1) is 0 Å². The Bertz CT molecular complexity index is 970. The first-order valence-corrected chi connectivity index (χ1v) is 11.3. The summed E-state index contributed by atoms with van der Waals surface area (Å²) >= 11 is 0. The highest BCUT2D eigenvalue weighted by Gasteiger charge is 2.25. The number of ether oxygens (including phenoxy) is 1. The van der Waals surface area contributed by atoms with Gasteiger partial charge in [-0.1, -0.05) is 26.7 Å². The Morgan fingerprint density at radius 2 is 1.67 bits per heavy atom. The van der Waals surface area contributed by atoms with E-state index in [0.29, 0.717) is 18.8 Å². The molecule has 2 aromatic carbocycles. The number of hydrogen-bond donors (Lipinski definition) is 2. The molecule has 0 aliphatic carbocycles. The van der Waals surface area contributed by atoms with Crippen LogP contribution < -0.4 is 14.8 Å². The topological polar surface area (TPSA) is 110 Å². The van der Waals surface area contributed by atoms with Gasteiger partial charge in [0.25, 0.3) is 0 Å². The Hall–Kier alpha value is -2.65. The predicted molar refractivity (Wildman–Crippen MR) is 113 cm³/mol. The normalized spacial score (nSPS) is 11.3. The molecule has 0 fully saturated rings. The molecule has 0 heterocycles. The summed E-state index contributed by atoms with van der Waals surface area (Å²) in [5.41, 5.74) is 0.187. The van der Waals surface area contributed by atoms with Gasteiger partial charge in [0, 0.05) is 19.2 Å². The number of anilines is 1. The lowest BCUT2D eigenvalue weighted by Gasteiger charge is -2.27. The van der Waals surface area contributed by atoms with Crippen molar-refractivity contribution in [2.24, 2.45) is 5.14 Å². The van der Waals surface area contributed by atoms with Gasteiger partial charge in [-0.3, -0.25) is 0 Å². The summed E-state index contributed by atoms with van der Waals surface area (Å²) in [6, 6.07) is 7.45. The molecule has 0 aliphatic rings. The first-order valence-electron chi connectivity index (χ1n) is 9.79. The van der Waals surface area contributed by atoms with Gasteiger partial charge in [0.2, 0.25) is 10.0 Å². The second-order valence-corrected chi connectivity index (χ2v) is 8.45. The van der Waals surface area contributed by atoms with Crippen molar-refractivity contribution in [1.82, 2.24) is 0 Å². The fourth-order valence-corrected chi connectivity index (χ4v) is 3.63. The molecule has 0 atom stereocenters. The van der Waals surface area contributed by atoms with Crippen LogP contribution in [0.3, 0.4) is 0 Å². The zero-order chi connectivity index (χ0) is 22.3. The van der Waals surface area contributed by atoms with Crippen molar-refractivity contribution in [2.45, 2.75) is 44.4 Å². The number of carbonyl (C=O) groups is 1. The van der Waals surface area contributed by atoms with Gasteiger partial charge in [-0.05, 0) is 43.2 Å². The molecule has 164 valence electrons. The van der Waals surface area contributed by atoms with E-state index < -0.39 is 26.7 Å². The van der Waals surface area contributed by atoms with Crippen LogP contribution in [0.4, 0.5) is 10.1 Å². The maximum absolute atomic E-state index is 13.2. The summed E-state index contributed by atoms with van der Waals surface area (Å²) in [4.78, 5) is 13.4. The predicted octanol–water partition coefficient (Wildman–Crippen LogP) is 4.37. The molecule has 2 rings (SSSR count). The first kappa shape index (κ1) is 23.6. The second-order valence-electron chi connectivity index (χ2n) is 6.92. The van der Waals surface area contributed by atoms with E-state index >= 15 is 0 Å². The van der Waals surface area contributed by atoms with Gasteiger partial charge in [-0.25, -0.2) is 22.7 Å². The minimum atomic E-state index is -4.28. The number of benzene rings is 2. The highest BCUT2D eigenvalue weighted by molar-refractivity contribution is 7.89. The minimum absolute atomic E-state index is 0.109. The highest BCUT2D eigenvalue weighted by Crippen LogP contribution is 2.36. The molecule has 0 saturated carbocycles. The summed E-state index contributed by atoms with van der Waals surface area (Å²) < 4.78 is 43.1. The lowest BCUT2D eigenvalue weighted by molar-refractivity contribution is 0.0697. The number of carboxylic acid groups (broad SMARTS) is 1. The van der Waals surface area contributed by atoms with Crippen LogP contribution in [-0.4, -0.2) is 32.6 Å². The van der Waals surface area contributed by atoms with Crippen molar-refractivity contribution < 1.29 is 27.4 Å². The molecule has 0 amide bonds. The monoisotopic (exact) mass is 438 g/mol. The summed E-state index contributed by atoms with van der Waals surface area (Å²) in [7, 11) is -4.28. The van der Waals surface area contributed by atoms with Crippen LogP contribution in [0.1, 0.15) is 49.9 Å². The van der Waals surface area contributed by atoms with E-state index in [2.05, 4.69) is 0 Å². The van der Waals surface area contributed by atoms with Crippen molar-refractivity contribution in [3.8, 4) is 11.5 Å². The summed E-state index contributed by atoms with van der Waals surface area (Å²) in [6.07, 6.45) is 3.51. The molecule has 9 heteroatoms. The van der Waals surface area contributed by atoms with E-state index in [4.69, 9.17) is 9.88 Å². The lowest BCUT2D eigenvalue weighted by atomic mass is 10.1. The fourth-order valence-electron chi connectivity index (χ4n) is 2.96. The smallest absolute Gasteiger partial charge is 0.337 e. The summed E-state index contributed by atoms with van der Waals surface area (Å²) in [5, 5.41) is 15.0. The number of nitrogens with two attached hydrogens (primary N) is 1. The third-order valence-electron chi connectivity index (χ3n) is 4.54. The number of nitrogens with zero attached hydrogens (tertiary/aromatic N) is 1. The molecule has 2 aromatic rings. The molecule has 30 heavy (non-hydrogen) atoms. The van der Waals surface area contributed by atoms with Gasteiger partial charge < -0.3 is 14.7 Å².